The Kier molecular flexibility index (Phi) is 6.54. The molecule has 1 saturated heterocycles. The maximum Gasteiger partial charge on any atom is 0.405 e. The predicted octanol–water partition coefficient (Wildman–Crippen LogP) is 1.52. The van der Waals surface area contributed by atoms with E-state index in [2.05, 4.69) is 10.0 Å². The van der Waals surface area contributed by atoms with Gasteiger partial charge in [-0.1, -0.05) is 6.07 Å². The predicted molar refractivity (Wildman–Crippen MR) is 87.7 cm³/mol. The summed E-state index contributed by atoms with van der Waals surface area (Å²) in [6.45, 7) is 0.668. The number of hydrogen-bond acceptors (Lipinski definition) is 5. The standard InChI is InChI=1S/C14H20F3N3O2S2/c1-23-11-3-2-4-12(9-11)24(21,22)19-10-13(14(15,16)17)20-7-5-18-6-8-20/h2-4,9,13,18-19H,5-8,10H2,1H3. The van der Waals surface area contributed by atoms with E-state index in [1.807, 2.05) is 0 Å². The van der Waals surface area contributed by atoms with Crippen molar-refractivity contribution >= 4 is 21.8 Å². The quantitative estimate of drug-likeness (QED) is 0.730. The summed E-state index contributed by atoms with van der Waals surface area (Å²) in [5, 5.41) is 2.98. The summed E-state index contributed by atoms with van der Waals surface area (Å²) >= 11 is 1.36. The molecule has 1 fully saturated rings. The van der Waals surface area contributed by atoms with Crippen LogP contribution in [0.3, 0.4) is 0 Å². The highest BCUT2D eigenvalue weighted by Crippen LogP contribution is 2.25. The molecule has 1 unspecified atom stereocenters. The van der Waals surface area contributed by atoms with Crippen LogP contribution in [0.4, 0.5) is 13.2 Å². The van der Waals surface area contributed by atoms with Crippen LogP contribution in [0.2, 0.25) is 0 Å². The van der Waals surface area contributed by atoms with Crippen LogP contribution in [0, 0.1) is 0 Å². The highest BCUT2D eigenvalue weighted by Gasteiger charge is 2.44. The van der Waals surface area contributed by atoms with Crippen molar-refractivity contribution in [3.05, 3.63) is 24.3 Å². The molecule has 2 rings (SSSR count). The first kappa shape index (κ1) is 19.5. The van der Waals surface area contributed by atoms with Gasteiger partial charge in [-0.15, -0.1) is 11.8 Å². The molecular formula is C14H20F3N3O2S2. The fourth-order valence-electron chi connectivity index (χ4n) is 2.49. The number of hydrogen-bond donors (Lipinski definition) is 2. The van der Waals surface area contributed by atoms with E-state index in [9.17, 15) is 21.6 Å². The summed E-state index contributed by atoms with van der Waals surface area (Å²) in [5.74, 6) is 0. The zero-order valence-electron chi connectivity index (χ0n) is 13.1. The normalized spacial score (nSPS) is 18.5. The summed E-state index contributed by atoms with van der Waals surface area (Å²) < 4.78 is 66.6. The number of benzene rings is 1. The molecule has 24 heavy (non-hydrogen) atoms. The Hall–Kier alpha value is -0.810. The molecule has 0 radical (unpaired) electrons. The van der Waals surface area contributed by atoms with Crippen molar-refractivity contribution in [2.24, 2.45) is 0 Å². The third kappa shape index (κ3) is 5.09. The highest BCUT2D eigenvalue weighted by atomic mass is 32.2. The van der Waals surface area contributed by atoms with Crippen LogP contribution in [0.1, 0.15) is 0 Å². The molecule has 1 heterocycles. The van der Waals surface area contributed by atoms with Crippen LogP contribution in [-0.4, -0.2) is 64.5 Å². The van der Waals surface area contributed by atoms with Crippen LogP contribution >= 0.6 is 11.8 Å². The molecule has 1 aliphatic heterocycles. The molecule has 1 aliphatic rings. The fourth-order valence-corrected chi connectivity index (χ4v) is 4.10. The minimum atomic E-state index is -4.50. The number of nitrogens with zero attached hydrogens (tertiary/aromatic N) is 1. The van der Waals surface area contributed by atoms with Gasteiger partial charge in [0.05, 0.1) is 4.90 Å². The van der Waals surface area contributed by atoms with Gasteiger partial charge in [0.1, 0.15) is 6.04 Å². The van der Waals surface area contributed by atoms with E-state index >= 15 is 0 Å². The van der Waals surface area contributed by atoms with Gasteiger partial charge in [-0.2, -0.15) is 13.2 Å². The highest BCUT2D eigenvalue weighted by molar-refractivity contribution is 7.98. The Labute approximate surface area is 144 Å². The maximum atomic E-state index is 13.3. The first-order valence-electron chi connectivity index (χ1n) is 7.39. The van der Waals surface area contributed by atoms with Crippen molar-refractivity contribution in [3.63, 3.8) is 0 Å². The summed E-state index contributed by atoms with van der Waals surface area (Å²) in [6, 6.07) is 4.29. The lowest BCUT2D eigenvalue weighted by Gasteiger charge is -2.35. The van der Waals surface area contributed by atoms with Gasteiger partial charge in [-0.05, 0) is 24.5 Å². The molecule has 0 aliphatic carbocycles. The third-order valence-electron chi connectivity index (χ3n) is 3.79. The van der Waals surface area contributed by atoms with Crippen LogP contribution in [0.5, 0.6) is 0 Å². The smallest absolute Gasteiger partial charge is 0.314 e. The van der Waals surface area contributed by atoms with E-state index in [-0.39, 0.29) is 18.0 Å². The zero-order valence-corrected chi connectivity index (χ0v) is 14.8. The lowest BCUT2D eigenvalue weighted by molar-refractivity contribution is -0.182. The molecule has 0 bridgehead atoms. The zero-order chi connectivity index (χ0) is 17.8. The molecule has 136 valence electrons. The number of piperazine rings is 1. The van der Waals surface area contributed by atoms with Gasteiger partial charge in [-0.3, -0.25) is 4.90 Å². The van der Waals surface area contributed by atoms with Gasteiger partial charge in [0.15, 0.2) is 0 Å². The minimum Gasteiger partial charge on any atom is -0.314 e. The average molecular weight is 383 g/mol. The lowest BCUT2D eigenvalue weighted by Crippen LogP contribution is -2.57. The molecule has 0 spiro atoms. The van der Waals surface area contributed by atoms with Crippen LogP contribution in [0.15, 0.2) is 34.1 Å². The molecule has 0 amide bonds. The Bertz CT molecular complexity index is 647. The SMILES string of the molecule is CSc1cccc(S(=O)(=O)NCC(N2CCNCC2)C(F)(F)F)c1. The van der Waals surface area contributed by atoms with Gasteiger partial charge >= 0.3 is 6.18 Å². The third-order valence-corrected chi connectivity index (χ3v) is 5.93. The molecule has 0 saturated carbocycles. The fraction of sp³-hybridized carbons (Fsp3) is 0.571. The molecule has 1 aromatic carbocycles. The number of rotatable bonds is 6. The van der Waals surface area contributed by atoms with Crippen LogP contribution in [0.25, 0.3) is 0 Å². The second-order valence-corrected chi connectivity index (χ2v) is 8.02. The van der Waals surface area contributed by atoms with E-state index in [1.54, 1.807) is 18.4 Å². The van der Waals surface area contributed by atoms with E-state index in [0.717, 1.165) is 4.90 Å². The minimum absolute atomic E-state index is 0.0319. The molecule has 5 nitrogen and oxygen atoms in total. The first-order valence-corrected chi connectivity index (χ1v) is 10.1. The Morgan fingerprint density at radius 3 is 2.58 bits per heavy atom. The average Bonchev–Trinajstić information content (AvgIpc) is 2.54. The monoisotopic (exact) mass is 383 g/mol. The number of halogens is 3. The lowest BCUT2D eigenvalue weighted by atomic mass is 10.2. The molecule has 10 heteroatoms. The Morgan fingerprint density at radius 2 is 2.00 bits per heavy atom. The van der Waals surface area contributed by atoms with Crippen molar-refractivity contribution in [2.45, 2.75) is 22.0 Å². The molecule has 0 aromatic heterocycles. The van der Waals surface area contributed by atoms with Crippen molar-refractivity contribution < 1.29 is 21.6 Å². The van der Waals surface area contributed by atoms with E-state index in [1.165, 1.54) is 28.8 Å². The first-order chi connectivity index (χ1) is 11.2. The van der Waals surface area contributed by atoms with Gasteiger partial charge < -0.3 is 5.32 Å². The topological polar surface area (TPSA) is 61.4 Å². The maximum absolute atomic E-state index is 13.3. The van der Waals surface area contributed by atoms with Crippen molar-refractivity contribution in [1.82, 2.24) is 14.9 Å². The number of alkyl halides is 3. The second-order valence-electron chi connectivity index (χ2n) is 5.37. The van der Waals surface area contributed by atoms with E-state index in [4.69, 9.17) is 0 Å². The second kappa shape index (κ2) is 8.05. The molecule has 1 aromatic rings. The summed E-state index contributed by atoms with van der Waals surface area (Å²) in [5.41, 5.74) is 0. The Morgan fingerprint density at radius 1 is 1.33 bits per heavy atom. The molecular weight excluding hydrogens is 363 g/mol. The number of thioether (sulfide) groups is 1. The number of nitrogens with one attached hydrogen (secondary N) is 2. The van der Waals surface area contributed by atoms with Crippen LogP contribution < -0.4 is 10.0 Å². The summed E-state index contributed by atoms with van der Waals surface area (Å²) in [6.07, 6.45) is -2.70. The van der Waals surface area contributed by atoms with Crippen molar-refractivity contribution in [3.8, 4) is 0 Å². The molecule has 2 N–H and O–H groups in total. The number of sulfonamides is 1. The van der Waals surface area contributed by atoms with E-state index in [0.29, 0.717) is 13.1 Å². The van der Waals surface area contributed by atoms with Crippen LogP contribution in [-0.2, 0) is 10.0 Å². The van der Waals surface area contributed by atoms with Crippen molar-refractivity contribution in [1.29, 1.82) is 0 Å². The summed E-state index contributed by atoms with van der Waals surface area (Å²) in [7, 11) is -3.99. The van der Waals surface area contributed by atoms with Crippen molar-refractivity contribution in [2.75, 3.05) is 39.0 Å². The van der Waals surface area contributed by atoms with E-state index < -0.39 is 28.8 Å². The largest absolute Gasteiger partial charge is 0.405 e. The molecule has 1 atom stereocenters. The van der Waals surface area contributed by atoms with Gasteiger partial charge in [0.2, 0.25) is 10.0 Å². The Balaban J connectivity index is 2.12. The summed E-state index contributed by atoms with van der Waals surface area (Å²) in [4.78, 5) is 1.96. The van der Waals surface area contributed by atoms with Gasteiger partial charge in [-0.25, -0.2) is 13.1 Å². The van der Waals surface area contributed by atoms with Gasteiger partial charge in [0, 0.05) is 37.6 Å². The van der Waals surface area contributed by atoms with Gasteiger partial charge in [0.25, 0.3) is 0 Å².